The van der Waals surface area contributed by atoms with Crippen LogP contribution < -0.4 is 5.73 Å². The number of nitrogen functional groups attached to an aromatic ring is 1. The molecule has 21 heavy (non-hydrogen) atoms. The molecule has 2 rings (SSSR count). The molecule has 0 aromatic heterocycles. The molecule has 0 bridgehead atoms. The summed E-state index contributed by atoms with van der Waals surface area (Å²) < 4.78 is 27.0. The number of amides is 1. The van der Waals surface area contributed by atoms with Crippen LogP contribution in [0.2, 0.25) is 0 Å². The van der Waals surface area contributed by atoms with Crippen molar-refractivity contribution in [3.8, 4) is 0 Å². The van der Waals surface area contributed by atoms with E-state index in [1.54, 1.807) is 30.0 Å². The molecule has 1 saturated heterocycles. The van der Waals surface area contributed by atoms with Gasteiger partial charge in [-0.3, -0.25) is 4.79 Å². The van der Waals surface area contributed by atoms with Gasteiger partial charge in [0.2, 0.25) is 15.9 Å². The Labute approximate surface area is 125 Å². The van der Waals surface area contributed by atoms with E-state index in [1.165, 1.54) is 11.2 Å². The molecule has 7 heteroatoms. The number of hydrogen-bond donors (Lipinski definition) is 1. The largest absolute Gasteiger partial charge is 0.398 e. The lowest BCUT2D eigenvalue weighted by atomic mass is 10.2. The first-order valence-corrected chi connectivity index (χ1v) is 8.39. The number of carbonyl (C=O) groups excluding carboxylic acids is 1. The molecule has 1 fully saturated rings. The van der Waals surface area contributed by atoms with Crippen LogP contribution in [0.3, 0.4) is 0 Å². The zero-order valence-corrected chi connectivity index (χ0v) is 13.2. The van der Waals surface area contributed by atoms with E-state index in [4.69, 9.17) is 5.73 Å². The number of sulfonamides is 1. The summed E-state index contributed by atoms with van der Waals surface area (Å²) >= 11 is 0. The molecule has 1 aliphatic heterocycles. The maximum absolute atomic E-state index is 12.8. The van der Waals surface area contributed by atoms with Gasteiger partial charge in [-0.15, -0.1) is 0 Å². The van der Waals surface area contributed by atoms with Crippen molar-refractivity contribution in [2.24, 2.45) is 0 Å². The highest BCUT2D eigenvalue weighted by molar-refractivity contribution is 7.89. The Morgan fingerprint density at radius 2 is 1.90 bits per heavy atom. The van der Waals surface area contributed by atoms with Gasteiger partial charge in [-0.05, 0) is 31.0 Å². The van der Waals surface area contributed by atoms with Crippen LogP contribution in [0, 0.1) is 6.92 Å². The quantitative estimate of drug-likeness (QED) is 0.820. The molecule has 1 aromatic rings. The van der Waals surface area contributed by atoms with Crippen LogP contribution in [0.4, 0.5) is 5.69 Å². The molecule has 116 valence electrons. The highest BCUT2D eigenvalue weighted by Gasteiger charge is 2.28. The lowest BCUT2D eigenvalue weighted by molar-refractivity contribution is -0.128. The van der Waals surface area contributed by atoms with Crippen molar-refractivity contribution in [2.75, 3.05) is 31.9 Å². The molecule has 0 radical (unpaired) electrons. The minimum atomic E-state index is -3.57. The normalized spacial score (nSPS) is 17.5. The summed E-state index contributed by atoms with van der Waals surface area (Å²) in [6.45, 7) is 4.97. The third-order valence-electron chi connectivity index (χ3n) is 3.84. The lowest BCUT2D eigenvalue weighted by Crippen LogP contribution is -2.36. The van der Waals surface area contributed by atoms with Gasteiger partial charge in [0.05, 0.1) is 4.90 Å². The molecule has 2 N–H and O–H groups in total. The van der Waals surface area contributed by atoms with Crippen molar-refractivity contribution in [1.29, 1.82) is 0 Å². The van der Waals surface area contributed by atoms with Crippen molar-refractivity contribution in [2.45, 2.75) is 25.2 Å². The molecular weight excluding hydrogens is 290 g/mol. The number of rotatable bonds is 2. The standard InChI is InChI=1S/C14H21N3O3S/c1-11-13(15)5-3-6-14(11)21(19,20)17-8-4-7-16(9-10-17)12(2)18/h3,5-6H,4,7-10,15H2,1-2H3. The van der Waals surface area contributed by atoms with Crippen LogP contribution in [-0.2, 0) is 14.8 Å². The summed E-state index contributed by atoms with van der Waals surface area (Å²) in [5.41, 5.74) is 6.85. The summed E-state index contributed by atoms with van der Waals surface area (Å²) in [7, 11) is -3.57. The van der Waals surface area contributed by atoms with Crippen molar-refractivity contribution in [3.05, 3.63) is 23.8 Å². The second kappa shape index (κ2) is 6.03. The number of hydrogen-bond acceptors (Lipinski definition) is 4. The smallest absolute Gasteiger partial charge is 0.243 e. The average Bonchev–Trinajstić information content (AvgIpc) is 2.68. The first kappa shape index (κ1) is 15.8. The van der Waals surface area contributed by atoms with E-state index in [1.807, 2.05) is 0 Å². The number of nitrogens with zero attached hydrogens (tertiary/aromatic N) is 2. The van der Waals surface area contributed by atoms with E-state index in [2.05, 4.69) is 0 Å². The van der Waals surface area contributed by atoms with Gasteiger partial charge in [-0.25, -0.2) is 8.42 Å². The molecule has 0 aliphatic carbocycles. The Hall–Kier alpha value is -1.60. The summed E-state index contributed by atoms with van der Waals surface area (Å²) in [6, 6.07) is 4.91. The minimum Gasteiger partial charge on any atom is -0.398 e. The highest BCUT2D eigenvalue weighted by atomic mass is 32.2. The number of benzene rings is 1. The molecule has 1 aliphatic rings. The van der Waals surface area contributed by atoms with E-state index in [0.29, 0.717) is 43.9 Å². The Morgan fingerprint density at radius 3 is 2.57 bits per heavy atom. The highest BCUT2D eigenvalue weighted by Crippen LogP contribution is 2.24. The molecule has 6 nitrogen and oxygen atoms in total. The van der Waals surface area contributed by atoms with Gasteiger partial charge >= 0.3 is 0 Å². The molecule has 0 spiro atoms. The number of carbonyl (C=O) groups is 1. The van der Waals surface area contributed by atoms with E-state index in [0.717, 1.165) is 0 Å². The maximum atomic E-state index is 12.8. The maximum Gasteiger partial charge on any atom is 0.243 e. The van der Waals surface area contributed by atoms with E-state index < -0.39 is 10.0 Å². The molecular formula is C14H21N3O3S. The monoisotopic (exact) mass is 311 g/mol. The SMILES string of the molecule is CC(=O)N1CCCN(S(=O)(=O)c2cccc(N)c2C)CC1. The van der Waals surface area contributed by atoms with Gasteiger partial charge in [0, 0.05) is 38.8 Å². The van der Waals surface area contributed by atoms with Crippen LogP contribution in [0.5, 0.6) is 0 Å². The minimum absolute atomic E-state index is 0.0191. The summed E-state index contributed by atoms with van der Waals surface area (Å²) in [5.74, 6) is -0.0191. The Morgan fingerprint density at radius 1 is 1.19 bits per heavy atom. The van der Waals surface area contributed by atoms with Gasteiger partial charge in [-0.1, -0.05) is 6.07 Å². The lowest BCUT2D eigenvalue weighted by Gasteiger charge is -2.22. The van der Waals surface area contributed by atoms with Crippen LogP contribution >= 0.6 is 0 Å². The Balaban J connectivity index is 2.28. The zero-order chi connectivity index (χ0) is 15.6. The van der Waals surface area contributed by atoms with Gasteiger partial charge in [0.15, 0.2) is 0 Å². The molecule has 1 heterocycles. The Bertz CT molecular complexity index is 643. The van der Waals surface area contributed by atoms with Crippen molar-refractivity contribution < 1.29 is 13.2 Å². The first-order valence-electron chi connectivity index (χ1n) is 6.95. The Kier molecular flexibility index (Phi) is 4.53. The fourth-order valence-corrected chi connectivity index (χ4v) is 4.22. The van der Waals surface area contributed by atoms with E-state index in [9.17, 15) is 13.2 Å². The zero-order valence-electron chi connectivity index (χ0n) is 12.4. The molecule has 0 saturated carbocycles. The second-order valence-corrected chi connectivity index (χ2v) is 7.14. The van der Waals surface area contributed by atoms with E-state index in [-0.39, 0.29) is 10.8 Å². The van der Waals surface area contributed by atoms with E-state index >= 15 is 0 Å². The molecule has 0 unspecified atom stereocenters. The number of nitrogens with two attached hydrogens (primary N) is 1. The predicted octanol–water partition coefficient (Wildman–Crippen LogP) is 0.820. The fourth-order valence-electron chi connectivity index (χ4n) is 2.50. The second-order valence-electron chi connectivity index (χ2n) is 5.23. The average molecular weight is 311 g/mol. The van der Waals surface area contributed by atoms with Crippen LogP contribution in [-0.4, -0.2) is 49.7 Å². The fraction of sp³-hybridized carbons (Fsp3) is 0.500. The first-order chi connectivity index (χ1) is 9.84. The third-order valence-corrected chi connectivity index (χ3v) is 5.89. The summed E-state index contributed by atoms with van der Waals surface area (Å²) in [5, 5.41) is 0. The van der Waals surface area contributed by atoms with Crippen LogP contribution in [0.25, 0.3) is 0 Å². The third kappa shape index (κ3) is 3.19. The van der Waals surface area contributed by atoms with Gasteiger partial charge in [0.1, 0.15) is 0 Å². The van der Waals surface area contributed by atoms with Gasteiger partial charge in [0.25, 0.3) is 0 Å². The van der Waals surface area contributed by atoms with Crippen molar-refractivity contribution >= 4 is 21.6 Å². The van der Waals surface area contributed by atoms with Crippen molar-refractivity contribution in [1.82, 2.24) is 9.21 Å². The summed E-state index contributed by atoms with van der Waals surface area (Å²) in [4.78, 5) is 13.3. The van der Waals surface area contributed by atoms with Crippen LogP contribution in [0.1, 0.15) is 18.9 Å². The number of anilines is 1. The molecule has 1 aromatic carbocycles. The van der Waals surface area contributed by atoms with Gasteiger partial charge < -0.3 is 10.6 Å². The van der Waals surface area contributed by atoms with Crippen molar-refractivity contribution in [3.63, 3.8) is 0 Å². The molecule has 1 amide bonds. The molecule has 0 atom stereocenters. The predicted molar refractivity (Wildman–Crippen MR) is 81.2 cm³/mol. The topological polar surface area (TPSA) is 83.7 Å². The van der Waals surface area contributed by atoms with Gasteiger partial charge in [-0.2, -0.15) is 4.31 Å². The summed E-state index contributed by atoms with van der Waals surface area (Å²) in [6.07, 6.45) is 0.639. The van der Waals surface area contributed by atoms with Crippen LogP contribution in [0.15, 0.2) is 23.1 Å².